The fourth-order valence-electron chi connectivity index (χ4n) is 1.85. The maximum Gasteiger partial charge on any atom is 0.326 e. The topological polar surface area (TPSA) is 66.4 Å². The molecule has 16 heavy (non-hydrogen) atoms. The summed E-state index contributed by atoms with van der Waals surface area (Å²) >= 11 is 0. The number of nitrogens with one attached hydrogen (secondary N) is 1. The van der Waals surface area contributed by atoms with Gasteiger partial charge in [-0.3, -0.25) is 4.79 Å². The lowest BCUT2D eigenvalue weighted by Gasteiger charge is -2.14. The molecule has 0 saturated heterocycles. The minimum atomic E-state index is -0.930. The Morgan fingerprint density at radius 3 is 2.44 bits per heavy atom. The van der Waals surface area contributed by atoms with E-state index in [0.29, 0.717) is 6.42 Å². The molecule has 0 aromatic carbocycles. The molecule has 2 atom stereocenters. The maximum atomic E-state index is 11.7. The summed E-state index contributed by atoms with van der Waals surface area (Å²) in [7, 11) is 0. The Morgan fingerprint density at radius 1 is 1.50 bits per heavy atom. The summed E-state index contributed by atoms with van der Waals surface area (Å²) in [6, 6.07) is -0.719. The molecule has 92 valence electrons. The molecular weight excluding hydrogens is 206 g/mol. The van der Waals surface area contributed by atoms with Crippen molar-refractivity contribution in [2.75, 3.05) is 0 Å². The van der Waals surface area contributed by atoms with Gasteiger partial charge < -0.3 is 10.4 Å². The second kappa shape index (κ2) is 4.85. The number of amides is 1. The molecule has 1 aliphatic carbocycles. The average Bonchev–Trinajstić information content (AvgIpc) is 2.81. The van der Waals surface area contributed by atoms with Gasteiger partial charge in [0.15, 0.2) is 0 Å². The number of hydrogen-bond donors (Lipinski definition) is 2. The van der Waals surface area contributed by atoms with Gasteiger partial charge in [-0.15, -0.1) is 0 Å². The van der Waals surface area contributed by atoms with Crippen LogP contribution in [0.2, 0.25) is 0 Å². The lowest BCUT2D eigenvalue weighted by atomic mass is 10.1. The van der Waals surface area contributed by atoms with Gasteiger partial charge in [0.2, 0.25) is 5.91 Å². The van der Waals surface area contributed by atoms with Crippen LogP contribution in [0.5, 0.6) is 0 Å². The molecule has 0 aromatic rings. The van der Waals surface area contributed by atoms with Gasteiger partial charge in [0.25, 0.3) is 0 Å². The Balaban J connectivity index is 2.43. The third kappa shape index (κ3) is 3.22. The second-order valence-electron chi connectivity index (χ2n) is 5.29. The first-order valence-corrected chi connectivity index (χ1v) is 5.91. The molecule has 1 saturated carbocycles. The number of carboxylic acid groups (broad SMARTS) is 1. The van der Waals surface area contributed by atoms with E-state index in [4.69, 9.17) is 5.11 Å². The molecule has 0 spiro atoms. The number of carbonyl (C=O) groups is 2. The summed E-state index contributed by atoms with van der Waals surface area (Å²) in [4.78, 5) is 22.7. The molecule has 1 fully saturated rings. The summed E-state index contributed by atoms with van der Waals surface area (Å²) < 4.78 is 0. The largest absolute Gasteiger partial charge is 0.480 e. The van der Waals surface area contributed by atoms with E-state index in [1.54, 1.807) is 0 Å². The van der Waals surface area contributed by atoms with Crippen LogP contribution < -0.4 is 5.32 Å². The Morgan fingerprint density at radius 2 is 2.06 bits per heavy atom. The molecule has 0 radical (unpaired) electrons. The van der Waals surface area contributed by atoms with Crippen molar-refractivity contribution in [3.8, 4) is 0 Å². The number of carboxylic acids is 1. The number of unbranched alkanes of at least 4 members (excludes halogenated alkanes) is 1. The molecule has 2 N–H and O–H groups in total. The lowest BCUT2D eigenvalue weighted by molar-refractivity contribution is -0.142. The predicted octanol–water partition coefficient (Wildman–Crippen LogP) is 1.79. The van der Waals surface area contributed by atoms with Crippen LogP contribution in [0.4, 0.5) is 0 Å². The highest BCUT2D eigenvalue weighted by molar-refractivity contribution is 5.87. The van der Waals surface area contributed by atoms with E-state index in [1.165, 1.54) is 0 Å². The van der Waals surface area contributed by atoms with Crippen molar-refractivity contribution < 1.29 is 14.7 Å². The molecule has 0 aliphatic heterocycles. The maximum absolute atomic E-state index is 11.7. The van der Waals surface area contributed by atoms with E-state index in [1.807, 2.05) is 20.8 Å². The summed E-state index contributed by atoms with van der Waals surface area (Å²) in [6.07, 6.45) is 3.14. The first-order valence-electron chi connectivity index (χ1n) is 5.91. The van der Waals surface area contributed by atoms with Crippen molar-refractivity contribution in [2.45, 2.75) is 52.5 Å². The molecular formula is C12H21NO3. The van der Waals surface area contributed by atoms with E-state index in [-0.39, 0.29) is 17.2 Å². The fraction of sp³-hybridized carbons (Fsp3) is 0.833. The molecule has 0 aromatic heterocycles. The monoisotopic (exact) mass is 227 g/mol. The number of carbonyl (C=O) groups excluding carboxylic acids is 1. The Kier molecular flexibility index (Phi) is 3.94. The molecule has 1 aliphatic rings. The standard InChI is InChI=1S/C12H21NO3/c1-4-5-6-9(11(15)16)13-10(14)8-7-12(8,2)3/h8-9H,4-7H2,1-3H3,(H,13,14)(H,15,16)/t8-,9?/m1/s1. The Labute approximate surface area is 96.4 Å². The summed E-state index contributed by atoms with van der Waals surface area (Å²) in [5.41, 5.74) is 0.0535. The van der Waals surface area contributed by atoms with Gasteiger partial charge in [0.05, 0.1) is 0 Å². The summed E-state index contributed by atoms with van der Waals surface area (Å²) in [5, 5.41) is 11.6. The number of aliphatic carboxylic acids is 1. The van der Waals surface area contributed by atoms with Crippen LogP contribution in [0.3, 0.4) is 0 Å². The first-order chi connectivity index (χ1) is 7.38. The lowest BCUT2D eigenvalue weighted by Crippen LogP contribution is -2.42. The van der Waals surface area contributed by atoms with E-state index >= 15 is 0 Å². The zero-order chi connectivity index (χ0) is 12.3. The molecule has 0 bridgehead atoms. The second-order valence-corrected chi connectivity index (χ2v) is 5.29. The van der Waals surface area contributed by atoms with Gasteiger partial charge in [-0.05, 0) is 18.3 Å². The molecule has 4 heteroatoms. The van der Waals surface area contributed by atoms with Crippen molar-refractivity contribution in [3.05, 3.63) is 0 Å². The molecule has 0 heterocycles. The molecule has 4 nitrogen and oxygen atoms in total. The first kappa shape index (κ1) is 13.0. The van der Waals surface area contributed by atoms with Gasteiger partial charge in [0.1, 0.15) is 6.04 Å². The molecule has 1 amide bonds. The van der Waals surface area contributed by atoms with E-state index in [0.717, 1.165) is 19.3 Å². The highest BCUT2D eigenvalue weighted by Crippen LogP contribution is 2.51. The third-order valence-electron chi connectivity index (χ3n) is 3.29. The van der Waals surface area contributed by atoms with Crippen molar-refractivity contribution in [1.29, 1.82) is 0 Å². The normalized spacial score (nSPS) is 23.6. The Hall–Kier alpha value is -1.06. The van der Waals surface area contributed by atoms with Gasteiger partial charge in [-0.25, -0.2) is 4.79 Å². The zero-order valence-electron chi connectivity index (χ0n) is 10.2. The van der Waals surface area contributed by atoms with Gasteiger partial charge in [0, 0.05) is 5.92 Å². The van der Waals surface area contributed by atoms with Gasteiger partial charge in [-0.2, -0.15) is 0 Å². The number of rotatable bonds is 6. The van der Waals surface area contributed by atoms with Crippen LogP contribution in [0.15, 0.2) is 0 Å². The number of hydrogen-bond acceptors (Lipinski definition) is 2. The van der Waals surface area contributed by atoms with Crippen molar-refractivity contribution in [2.24, 2.45) is 11.3 Å². The van der Waals surface area contributed by atoms with Gasteiger partial charge in [-0.1, -0.05) is 33.6 Å². The fourth-order valence-corrected chi connectivity index (χ4v) is 1.85. The smallest absolute Gasteiger partial charge is 0.326 e. The average molecular weight is 227 g/mol. The van der Waals surface area contributed by atoms with Crippen LogP contribution in [0, 0.1) is 11.3 Å². The summed E-state index contributed by atoms with van der Waals surface area (Å²) in [5.74, 6) is -1.04. The van der Waals surface area contributed by atoms with Gasteiger partial charge >= 0.3 is 5.97 Å². The predicted molar refractivity (Wildman–Crippen MR) is 61.0 cm³/mol. The molecule has 1 unspecified atom stereocenters. The van der Waals surface area contributed by atoms with Crippen LogP contribution in [0.25, 0.3) is 0 Å². The van der Waals surface area contributed by atoms with Crippen molar-refractivity contribution >= 4 is 11.9 Å². The minimum absolute atomic E-state index is 0.00373. The Bertz CT molecular complexity index is 286. The van der Waals surface area contributed by atoms with E-state index < -0.39 is 12.0 Å². The third-order valence-corrected chi connectivity index (χ3v) is 3.29. The minimum Gasteiger partial charge on any atom is -0.480 e. The zero-order valence-corrected chi connectivity index (χ0v) is 10.2. The SMILES string of the molecule is CCCCC(NC(=O)[C@H]1CC1(C)C)C(=O)O. The highest BCUT2D eigenvalue weighted by Gasteiger charge is 2.51. The summed E-state index contributed by atoms with van der Waals surface area (Å²) in [6.45, 7) is 6.06. The quantitative estimate of drug-likeness (QED) is 0.727. The molecule has 1 rings (SSSR count). The van der Waals surface area contributed by atoms with Crippen molar-refractivity contribution in [1.82, 2.24) is 5.32 Å². The van der Waals surface area contributed by atoms with Crippen LogP contribution in [-0.4, -0.2) is 23.0 Å². The highest BCUT2D eigenvalue weighted by atomic mass is 16.4. The van der Waals surface area contributed by atoms with E-state index in [2.05, 4.69) is 5.32 Å². The van der Waals surface area contributed by atoms with Crippen molar-refractivity contribution in [3.63, 3.8) is 0 Å². The van der Waals surface area contributed by atoms with E-state index in [9.17, 15) is 9.59 Å². The van der Waals surface area contributed by atoms with Crippen LogP contribution in [-0.2, 0) is 9.59 Å². The van der Waals surface area contributed by atoms with Crippen LogP contribution >= 0.6 is 0 Å². The van der Waals surface area contributed by atoms with Crippen LogP contribution in [0.1, 0.15) is 46.5 Å².